The fourth-order valence-corrected chi connectivity index (χ4v) is 1.33. The van der Waals surface area contributed by atoms with E-state index >= 15 is 0 Å². The summed E-state index contributed by atoms with van der Waals surface area (Å²) in [6.45, 7) is 0. The fraction of sp³-hybridized carbons (Fsp3) is 0.125. The minimum absolute atomic E-state index is 0.108. The summed E-state index contributed by atoms with van der Waals surface area (Å²) in [5, 5.41) is 8.02. The number of hydrogen-bond acceptors (Lipinski definition) is 4. The van der Waals surface area contributed by atoms with Gasteiger partial charge in [-0.15, -0.1) is 0 Å². The van der Waals surface area contributed by atoms with Crippen LogP contribution in [0.15, 0.2) is 6.07 Å². The van der Waals surface area contributed by atoms with Crippen molar-refractivity contribution < 1.29 is 28.4 Å². The molecular formula is C8H3ClF3NO3. The molecule has 0 aliphatic carbocycles. The lowest BCUT2D eigenvalue weighted by atomic mass is 10.1. The van der Waals surface area contributed by atoms with E-state index in [0.29, 0.717) is 0 Å². The molecule has 86 valence electrons. The molecule has 0 bridgehead atoms. The second-order valence-electron chi connectivity index (χ2n) is 2.57. The maximum absolute atomic E-state index is 12.1. The topological polar surface area (TPSA) is 51.5 Å². The predicted molar refractivity (Wildman–Crippen MR) is 46.0 cm³/mol. The van der Waals surface area contributed by atoms with Gasteiger partial charge in [0.25, 0.3) is 5.75 Å². The number of nitrogens with zero attached hydrogens (tertiary/aromatic N) is 1. The van der Waals surface area contributed by atoms with Gasteiger partial charge in [-0.25, -0.2) is 0 Å². The van der Waals surface area contributed by atoms with Crippen LogP contribution < -0.4 is 14.8 Å². The Morgan fingerprint density at radius 2 is 1.69 bits per heavy atom. The Balaban J connectivity index is 3.45. The molecule has 1 aromatic carbocycles. The zero-order valence-electron chi connectivity index (χ0n) is 7.47. The van der Waals surface area contributed by atoms with E-state index in [0.717, 1.165) is 6.07 Å². The molecule has 1 rings (SSSR count). The van der Waals surface area contributed by atoms with Crippen LogP contribution >= 0.6 is 11.6 Å². The van der Waals surface area contributed by atoms with Crippen molar-refractivity contribution in [3.63, 3.8) is 0 Å². The van der Waals surface area contributed by atoms with Crippen molar-refractivity contribution in [2.24, 2.45) is 0 Å². The normalized spacial score (nSPS) is 9.44. The Morgan fingerprint density at radius 1 is 1.12 bits per heavy atom. The van der Waals surface area contributed by atoms with Gasteiger partial charge in [-0.05, 0) is 6.07 Å². The SMILES string of the molecule is N#CCc1cc(Cl)c(OF)c(OF)c1OF. The van der Waals surface area contributed by atoms with E-state index in [9.17, 15) is 13.6 Å². The standard InChI is InChI=1S/C8H3ClF3NO3/c9-5-3-4(1-2-13)6(14-10)8(16-12)7(5)15-11/h3H,1H2. The van der Waals surface area contributed by atoms with Crippen molar-refractivity contribution in [3.8, 4) is 23.3 Å². The highest BCUT2D eigenvalue weighted by Crippen LogP contribution is 2.46. The highest BCUT2D eigenvalue weighted by atomic mass is 35.5. The van der Waals surface area contributed by atoms with Crippen LogP contribution in [0.1, 0.15) is 5.56 Å². The maximum atomic E-state index is 12.1. The number of nitriles is 1. The third-order valence-electron chi connectivity index (χ3n) is 1.72. The minimum Gasteiger partial charge on any atom is -0.290 e. The van der Waals surface area contributed by atoms with Gasteiger partial charge >= 0.3 is 0 Å². The molecule has 0 atom stereocenters. The number of halogens is 4. The molecule has 1 aromatic rings. The Morgan fingerprint density at radius 3 is 2.12 bits per heavy atom. The van der Waals surface area contributed by atoms with Crippen molar-refractivity contribution >= 4 is 11.6 Å². The van der Waals surface area contributed by atoms with Gasteiger partial charge in [0.05, 0.1) is 17.5 Å². The van der Waals surface area contributed by atoms with Crippen LogP contribution in [-0.2, 0) is 6.42 Å². The number of rotatable bonds is 4. The molecule has 0 heterocycles. The Kier molecular flexibility index (Phi) is 4.08. The molecule has 16 heavy (non-hydrogen) atoms. The van der Waals surface area contributed by atoms with Gasteiger partial charge in [0.2, 0.25) is 11.5 Å². The number of benzene rings is 1. The molecule has 0 amide bonds. The van der Waals surface area contributed by atoms with Crippen LogP contribution in [0, 0.1) is 11.3 Å². The van der Waals surface area contributed by atoms with Crippen molar-refractivity contribution in [1.29, 1.82) is 5.26 Å². The molecule has 0 fully saturated rings. The maximum Gasteiger partial charge on any atom is 0.266 e. The quantitative estimate of drug-likeness (QED) is 0.827. The van der Waals surface area contributed by atoms with E-state index in [4.69, 9.17) is 16.9 Å². The van der Waals surface area contributed by atoms with Crippen molar-refractivity contribution in [1.82, 2.24) is 0 Å². The van der Waals surface area contributed by atoms with E-state index in [1.54, 1.807) is 6.07 Å². The first-order chi connectivity index (χ1) is 7.69. The molecule has 8 heteroatoms. The van der Waals surface area contributed by atoms with Crippen LogP contribution in [-0.4, -0.2) is 0 Å². The molecule has 0 aliphatic heterocycles. The van der Waals surface area contributed by atoms with Crippen LogP contribution in [0.2, 0.25) is 5.02 Å². The lowest BCUT2D eigenvalue weighted by Crippen LogP contribution is -1.95. The molecule has 0 saturated carbocycles. The Labute approximate surface area is 92.4 Å². The van der Waals surface area contributed by atoms with Crippen molar-refractivity contribution in [2.75, 3.05) is 0 Å². The summed E-state index contributed by atoms with van der Waals surface area (Å²) in [5.74, 6) is -2.69. The molecule has 0 aliphatic rings. The van der Waals surface area contributed by atoms with Gasteiger partial charge in [-0.1, -0.05) is 11.6 Å². The van der Waals surface area contributed by atoms with Gasteiger partial charge in [-0.3, -0.25) is 14.8 Å². The largest absolute Gasteiger partial charge is 0.290 e. The van der Waals surface area contributed by atoms with E-state index in [2.05, 4.69) is 14.8 Å². The van der Waals surface area contributed by atoms with Gasteiger partial charge in [0.15, 0.2) is 0 Å². The number of hydrogen-bond donors (Lipinski definition) is 0. The molecular weight excluding hydrogens is 251 g/mol. The molecule has 0 N–H and O–H groups in total. The summed E-state index contributed by atoms with van der Waals surface area (Å²) in [4.78, 5) is 9.71. The minimum atomic E-state index is -1.01. The fourth-order valence-electron chi connectivity index (χ4n) is 1.08. The summed E-state index contributed by atoms with van der Waals surface area (Å²) in [7, 11) is 0. The average molecular weight is 254 g/mol. The van der Waals surface area contributed by atoms with Crippen LogP contribution in [0.3, 0.4) is 0 Å². The highest BCUT2D eigenvalue weighted by Gasteiger charge is 2.24. The first-order valence-corrected chi connectivity index (χ1v) is 4.15. The van der Waals surface area contributed by atoms with Crippen molar-refractivity contribution in [3.05, 3.63) is 16.7 Å². The van der Waals surface area contributed by atoms with Crippen LogP contribution in [0.5, 0.6) is 17.2 Å². The third kappa shape index (κ3) is 2.06. The Hall–Kier alpha value is -1.81. The van der Waals surface area contributed by atoms with Crippen LogP contribution in [0.4, 0.5) is 13.6 Å². The first-order valence-electron chi connectivity index (χ1n) is 3.77. The second kappa shape index (κ2) is 5.32. The van der Waals surface area contributed by atoms with E-state index in [-0.39, 0.29) is 17.0 Å². The molecule has 0 aromatic heterocycles. The summed E-state index contributed by atoms with van der Waals surface area (Å²) >= 11 is 5.48. The van der Waals surface area contributed by atoms with E-state index in [1.807, 2.05) is 0 Å². The monoisotopic (exact) mass is 253 g/mol. The van der Waals surface area contributed by atoms with Crippen LogP contribution in [0.25, 0.3) is 0 Å². The summed E-state index contributed by atoms with van der Waals surface area (Å²) < 4.78 is 36.2. The average Bonchev–Trinajstić information content (AvgIpc) is 2.28. The summed E-state index contributed by atoms with van der Waals surface area (Å²) in [6.07, 6.45) is -0.331. The molecule has 0 saturated heterocycles. The molecule has 0 unspecified atom stereocenters. The van der Waals surface area contributed by atoms with Gasteiger partial charge in [-0.2, -0.15) is 5.26 Å². The first kappa shape index (κ1) is 12.3. The Bertz CT molecular complexity index is 436. The summed E-state index contributed by atoms with van der Waals surface area (Å²) in [6, 6.07) is 2.65. The molecule has 0 spiro atoms. The lowest BCUT2D eigenvalue weighted by molar-refractivity contribution is -0.0560. The van der Waals surface area contributed by atoms with Crippen molar-refractivity contribution in [2.45, 2.75) is 6.42 Å². The summed E-state index contributed by atoms with van der Waals surface area (Å²) in [5.41, 5.74) is -0.108. The second-order valence-corrected chi connectivity index (χ2v) is 2.98. The zero-order chi connectivity index (χ0) is 12.1. The van der Waals surface area contributed by atoms with E-state index in [1.165, 1.54) is 0 Å². The predicted octanol–water partition coefficient (Wildman–Crippen LogP) is 3.20. The zero-order valence-corrected chi connectivity index (χ0v) is 8.22. The molecule has 0 radical (unpaired) electrons. The van der Waals surface area contributed by atoms with E-state index < -0.39 is 17.2 Å². The third-order valence-corrected chi connectivity index (χ3v) is 2.00. The van der Waals surface area contributed by atoms with Gasteiger partial charge in [0, 0.05) is 19.1 Å². The van der Waals surface area contributed by atoms with Gasteiger partial charge < -0.3 is 0 Å². The smallest absolute Gasteiger partial charge is 0.266 e. The highest BCUT2D eigenvalue weighted by molar-refractivity contribution is 6.32. The lowest BCUT2D eigenvalue weighted by Gasteiger charge is -2.08. The van der Waals surface area contributed by atoms with Gasteiger partial charge in [0.1, 0.15) is 0 Å². The molecule has 4 nitrogen and oxygen atoms in total.